The fourth-order valence-electron chi connectivity index (χ4n) is 2.51. The van der Waals surface area contributed by atoms with Gasteiger partial charge in [-0.25, -0.2) is 9.78 Å². The number of aromatic carboxylic acids is 1. The molecule has 94 valence electrons. The number of hydrogen-bond acceptors (Lipinski definition) is 3. The van der Waals surface area contributed by atoms with Gasteiger partial charge in [-0.1, -0.05) is 0 Å². The highest BCUT2D eigenvalue weighted by Crippen LogP contribution is 2.25. The molecular formula is C13H15N3O2. The van der Waals surface area contributed by atoms with Crippen LogP contribution in [0.1, 0.15) is 28.4 Å². The number of fused-ring (bicyclic) bond motifs is 1. The van der Waals surface area contributed by atoms with Crippen molar-refractivity contribution in [1.29, 1.82) is 0 Å². The fourth-order valence-corrected chi connectivity index (χ4v) is 2.51. The van der Waals surface area contributed by atoms with Crippen LogP contribution in [0.2, 0.25) is 0 Å². The van der Waals surface area contributed by atoms with Crippen molar-refractivity contribution in [2.24, 2.45) is 0 Å². The predicted octanol–water partition coefficient (Wildman–Crippen LogP) is 1.45. The van der Waals surface area contributed by atoms with Gasteiger partial charge in [0.25, 0.3) is 0 Å². The number of carbonyl (C=O) groups is 1. The molecule has 0 bridgehead atoms. The smallest absolute Gasteiger partial charge is 0.335 e. The number of carboxylic acid groups (broad SMARTS) is 1. The van der Waals surface area contributed by atoms with E-state index in [1.165, 1.54) is 0 Å². The Balaban J connectivity index is 1.98. The van der Waals surface area contributed by atoms with Crippen LogP contribution in [0.5, 0.6) is 0 Å². The van der Waals surface area contributed by atoms with Gasteiger partial charge in [-0.3, -0.25) is 0 Å². The Morgan fingerprint density at radius 2 is 2.39 bits per heavy atom. The van der Waals surface area contributed by atoms with Crippen LogP contribution in [0, 0.1) is 0 Å². The van der Waals surface area contributed by atoms with Gasteiger partial charge < -0.3 is 14.4 Å². The van der Waals surface area contributed by atoms with Crippen molar-refractivity contribution >= 4 is 11.6 Å². The zero-order valence-corrected chi connectivity index (χ0v) is 10.2. The van der Waals surface area contributed by atoms with E-state index in [1.807, 2.05) is 10.6 Å². The molecular weight excluding hydrogens is 230 g/mol. The van der Waals surface area contributed by atoms with Crippen LogP contribution in [-0.4, -0.2) is 45.5 Å². The molecule has 1 aliphatic rings. The molecule has 0 spiro atoms. The van der Waals surface area contributed by atoms with Gasteiger partial charge in [0.1, 0.15) is 5.65 Å². The molecule has 5 nitrogen and oxygen atoms in total. The summed E-state index contributed by atoms with van der Waals surface area (Å²) in [5.74, 6) is -0.453. The molecule has 1 aliphatic heterocycles. The molecule has 2 aromatic heterocycles. The molecule has 1 fully saturated rings. The summed E-state index contributed by atoms with van der Waals surface area (Å²) in [6.07, 6.45) is 4.88. The van der Waals surface area contributed by atoms with Gasteiger partial charge in [0, 0.05) is 24.9 Å². The quantitative estimate of drug-likeness (QED) is 0.870. The second-order valence-corrected chi connectivity index (χ2v) is 4.90. The minimum Gasteiger partial charge on any atom is -0.478 e. The van der Waals surface area contributed by atoms with Crippen molar-refractivity contribution in [3.05, 3.63) is 35.8 Å². The first-order chi connectivity index (χ1) is 8.63. The van der Waals surface area contributed by atoms with Crippen molar-refractivity contribution in [3.63, 3.8) is 0 Å². The summed E-state index contributed by atoms with van der Waals surface area (Å²) in [6.45, 7) is 2.12. The van der Waals surface area contributed by atoms with Crippen molar-refractivity contribution in [1.82, 2.24) is 14.3 Å². The monoisotopic (exact) mass is 245 g/mol. The third-order valence-corrected chi connectivity index (χ3v) is 3.54. The van der Waals surface area contributed by atoms with Crippen molar-refractivity contribution in [2.75, 3.05) is 20.1 Å². The third-order valence-electron chi connectivity index (χ3n) is 3.54. The Labute approximate surface area is 105 Å². The fraction of sp³-hybridized carbons (Fsp3) is 0.385. The highest BCUT2D eigenvalue weighted by molar-refractivity contribution is 5.88. The Kier molecular flexibility index (Phi) is 2.56. The normalized spacial score (nSPS) is 20.6. The van der Waals surface area contributed by atoms with Crippen LogP contribution < -0.4 is 0 Å². The maximum Gasteiger partial charge on any atom is 0.335 e. The van der Waals surface area contributed by atoms with Crippen molar-refractivity contribution < 1.29 is 9.90 Å². The third kappa shape index (κ3) is 1.86. The van der Waals surface area contributed by atoms with Crippen LogP contribution in [0.25, 0.3) is 5.65 Å². The zero-order chi connectivity index (χ0) is 12.7. The van der Waals surface area contributed by atoms with Gasteiger partial charge in [0.2, 0.25) is 0 Å². The molecule has 0 aromatic carbocycles. The number of likely N-dealkylation sites (N-methyl/N-ethyl adjacent to an activating group) is 1. The molecule has 3 heterocycles. The Morgan fingerprint density at radius 1 is 1.56 bits per heavy atom. The summed E-state index contributed by atoms with van der Waals surface area (Å²) in [5, 5.41) is 8.95. The number of aromatic nitrogens is 2. The Morgan fingerprint density at radius 3 is 3.06 bits per heavy atom. The van der Waals surface area contributed by atoms with Crippen LogP contribution in [0.4, 0.5) is 0 Å². The number of likely N-dealkylation sites (tertiary alicyclic amines) is 1. The van der Waals surface area contributed by atoms with Crippen molar-refractivity contribution in [2.45, 2.75) is 12.3 Å². The molecule has 0 amide bonds. The van der Waals surface area contributed by atoms with E-state index in [0.29, 0.717) is 11.6 Å². The second-order valence-electron chi connectivity index (χ2n) is 4.90. The summed E-state index contributed by atoms with van der Waals surface area (Å²) >= 11 is 0. The summed E-state index contributed by atoms with van der Waals surface area (Å²) < 4.78 is 1.89. The largest absolute Gasteiger partial charge is 0.478 e. The molecule has 3 rings (SSSR count). The lowest BCUT2D eigenvalue weighted by atomic mass is 10.1. The average Bonchev–Trinajstić information content (AvgIpc) is 2.93. The van der Waals surface area contributed by atoms with E-state index in [9.17, 15) is 4.79 Å². The number of imidazole rings is 1. The minimum atomic E-state index is -0.914. The zero-order valence-electron chi connectivity index (χ0n) is 10.2. The van der Waals surface area contributed by atoms with Crippen molar-refractivity contribution in [3.8, 4) is 0 Å². The summed E-state index contributed by atoms with van der Waals surface area (Å²) in [6, 6.07) is 3.21. The summed E-state index contributed by atoms with van der Waals surface area (Å²) in [4.78, 5) is 17.7. The molecule has 1 saturated heterocycles. The summed E-state index contributed by atoms with van der Waals surface area (Å²) in [5.41, 5.74) is 2.05. The van der Waals surface area contributed by atoms with Gasteiger partial charge in [-0.2, -0.15) is 0 Å². The van der Waals surface area contributed by atoms with E-state index in [4.69, 9.17) is 5.11 Å². The predicted molar refractivity (Wildman–Crippen MR) is 67.0 cm³/mol. The molecule has 18 heavy (non-hydrogen) atoms. The van der Waals surface area contributed by atoms with Gasteiger partial charge in [-0.05, 0) is 32.1 Å². The Hall–Kier alpha value is -1.88. The molecule has 0 radical (unpaired) electrons. The van der Waals surface area contributed by atoms with Gasteiger partial charge >= 0.3 is 5.97 Å². The number of rotatable bonds is 2. The topological polar surface area (TPSA) is 57.8 Å². The maximum atomic E-state index is 10.9. The first-order valence-electron chi connectivity index (χ1n) is 6.04. The van der Waals surface area contributed by atoms with Crippen LogP contribution in [-0.2, 0) is 0 Å². The minimum absolute atomic E-state index is 0.281. The maximum absolute atomic E-state index is 10.9. The second kappa shape index (κ2) is 4.10. The number of carboxylic acids is 1. The molecule has 1 unspecified atom stereocenters. The molecule has 0 aliphatic carbocycles. The van der Waals surface area contributed by atoms with E-state index >= 15 is 0 Å². The highest BCUT2D eigenvalue weighted by Gasteiger charge is 2.23. The van der Waals surface area contributed by atoms with E-state index in [-0.39, 0.29) is 5.56 Å². The first-order valence-corrected chi connectivity index (χ1v) is 6.04. The molecule has 1 N–H and O–H groups in total. The lowest BCUT2D eigenvalue weighted by molar-refractivity contribution is 0.0697. The van der Waals surface area contributed by atoms with Crippen LogP contribution in [0.3, 0.4) is 0 Å². The lowest BCUT2D eigenvalue weighted by Gasteiger charge is -2.06. The van der Waals surface area contributed by atoms with Gasteiger partial charge in [0.05, 0.1) is 11.3 Å². The molecule has 0 saturated carbocycles. The Bertz CT molecular complexity index is 605. The first kappa shape index (κ1) is 11.2. The number of pyridine rings is 1. The van der Waals surface area contributed by atoms with Gasteiger partial charge in [-0.15, -0.1) is 0 Å². The number of hydrogen-bond donors (Lipinski definition) is 1. The summed E-state index contributed by atoms with van der Waals surface area (Å²) in [7, 11) is 2.11. The molecule has 2 aromatic rings. The van der Waals surface area contributed by atoms with E-state index in [2.05, 4.69) is 16.9 Å². The van der Waals surface area contributed by atoms with E-state index in [1.54, 1.807) is 18.3 Å². The van der Waals surface area contributed by atoms with E-state index in [0.717, 1.165) is 25.2 Å². The standard InChI is InChI=1S/C13H15N3O2/c1-15-4-2-10(7-15)11-8-16-5-3-9(13(17)18)6-12(16)14-11/h3,5-6,8,10H,2,4,7H2,1H3,(H,17,18). The SMILES string of the molecule is CN1CCC(c2cn3ccc(C(=O)O)cc3n2)C1. The lowest BCUT2D eigenvalue weighted by Crippen LogP contribution is -2.13. The average molecular weight is 245 g/mol. The van der Waals surface area contributed by atoms with Gasteiger partial charge in [0.15, 0.2) is 0 Å². The van der Waals surface area contributed by atoms with Crippen LogP contribution in [0.15, 0.2) is 24.5 Å². The van der Waals surface area contributed by atoms with Crippen LogP contribution >= 0.6 is 0 Å². The highest BCUT2D eigenvalue weighted by atomic mass is 16.4. The number of nitrogens with zero attached hydrogens (tertiary/aromatic N) is 3. The molecule has 5 heteroatoms. The molecule has 1 atom stereocenters. The van der Waals surface area contributed by atoms with E-state index < -0.39 is 5.97 Å².